The van der Waals surface area contributed by atoms with Crippen LogP contribution in [-0.2, 0) is 4.79 Å². The van der Waals surface area contributed by atoms with Crippen LogP contribution < -0.4 is 15.4 Å². The topological polar surface area (TPSA) is 50.4 Å². The van der Waals surface area contributed by atoms with E-state index in [1.807, 2.05) is 24.3 Å². The van der Waals surface area contributed by atoms with Crippen LogP contribution in [0.3, 0.4) is 0 Å². The predicted octanol–water partition coefficient (Wildman–Crippen LogP) is 2.43. The van der Waals surface area contributed by atoms with Gasteiger partial charge in [0.1, 0.15) is 5.75 Å². The molecule has 0 bridgehead atoms. The van der Waals surface area contributed by atoms with E-state index in [4.69, 9.17) is 4.74 Å². The molecule has 110 valence electrons. The van der Waals surface area contributed by atoms with Gasteiger partial charge in [-0.05, 0) is 38.1 Å². The Morgan fingerprint density at radius 2 is 2.00 bits per heavy atom. The SMILES string of the molecule is C=CCNC(=O)C(C)Oc1ccc(C(C)NCC)cc1. The molecule has 1 amide bonds. The van der Waals surface area contributed by atoms with E-state index in [0.717, 1.165) is 6.54 Å². The summed E-state index contributed by atoms with van der Waals surface area (Å²) >= 11 is 0. The second-order valence-electron chi connectivity index (χ2n) is 4.64. The first kappa shape index (κ1) is 16.2. The molecule has 0 saturated carbocycles. The number of ether oxygens (including phenoxy) is 1. The van der Waals surface area contributed by atoms with Gasteiger partial charge in [0.05, 0.1) is 0 Å². The van der Waals surface area contributed by atoms with Crippen LogP contribution in [0.15, 0.2) is 36.9 Å². The molecule has 2 N–H and O–H groups in total. The second kappa shape index (κ2) is 8.38. The van der Waals surface area contributed by atoms with E-state index in [9.17, 15) is 4.79 Å². The highest BCUT2D eigenvalue weighted by molar-refractivity contribution is 5.80. The molecule has 20 heavy (non-hydrogen) atoms. The smallest absolute Gasteiger partial charge is 0.261 e. The number of rotatable bonds is 8. The van der Waals surface area contributed by atoms with Gasteiger partial charge in [0, 0.05) is 12.6 Å². The standard InChI is InChI=1S/C16H24N2O2/c1-5-11-18-16(19)13(4)20-15-9-7-14(8-10-15)12(3)17-6-2/h5,7-10,12-13,17H,1,6,11H2,2-4H3,(H,18,19). The first-order chi connectivity index (χ1) is 9.58. The molecule has 0 aromatic heterocycles. The maximum absolute atomic E-state index is 11.7. The van der Waals surface area contributed by atoms with Crippen LogP contribution >= 0.6 is 0 Å². The van der Waals surface area contributed by atoms with E-state index in [1.54, 1.807) is 13.0 Å². The fourth-order valence-electron chi connectivity index (χ4n) is 1.83. The summed E-state index contributed by atoms with van der Waals surface area (Å²) in [7, 11) is 0. The maximum Gasteiger partial charge on any atom is 0.261 e. The quantitative estimate of drug-likeness (QED) is 0.717. The van der Waals surface area contributed by atoms with Gasteiger partial charge < -0.3 is 15.4 Å². The molecule has 1 aromatic carbocycles. The Bertz CT molecular complexity index is 429. The molecule has 0 spiro atoms. The number of carbonyl (C=O) groups excluding carboxylic acids is 1. The Morgan fingerprint density at radius 3 is 2.55 bits per heavy atom. The maximum atomic E-state index is 11.7. The van der Waals surface area contributed by atoms with Crippen LogP contribution in [0.4, 0.5) is 0 Å². The summed E-state index contributed by atoms with van der Waals surface area (Å²) in [5.74, 6) is 0.550. The van der Waals surface area contributed by atoms with E-state index in [1.165, 1.54) is 5.56 Å². The third-order valence-corrected chi connectivity index (χ3v) is 2.99. The van der Waals surface area contributed by atoms with Gasteiger partial charge in [-0.25, -0.2) is 0 Å². The Kier molecular flexibility index (Phi) is 6.81. The van der Waals surface area contributed by atoms with Crippen LogP contribution in [-0.4, -0.2) is 25.1 Å². The first-order valence-corrected chi connectivity index (χ1v) is 6.97. The highest BCUT2D eigenvalue weighted by Crippen LogP contribution is 2.18. The Hall–Kier alpha value is -1.81. The van der Waals surface area contributed by atoms with Crippen LogP contribution in [0.1, 0.15) is 32.4 Å². The lowest BCUT2D eigenvalue weighted by atomic mass is 10.1. The third kappa shape index (κ3) is 5.05. The van der Waals surface area contributed by atoms with Gasteiger partial charge in [0.25, 0.3) is 5.91 Å². The molecule has 2 atom stereocenters. The zero-order chi connectivity index (χ0) is 15.0. The summed E-state index contributed by atoms with van der Waals surface area (Å²) in [6, 6.07) is 8.11. The molecular weight excluding hydrogens is 252 g/mol. The summed E-state index contributed by atoms with van der Waals surface area (Å²) in [6.45, 7) is 10.9. The molecule has 0 fully saturated rings. The highest BCUT2D eigenvalue weighted by Gasteiger charge is 2.13. The molecule has 0 aliphatic carbocycles. The first-order valence-electron chi connectivity index (χ1n) is 6.97. The number of hydrogen-bond acceptors (Lipinski definition) is 3. The van der Waals surface area contributed by atoms with Crippen LogP contribution in [0.5, 0.6) is 5.75 Å². The van der Waals surface area contributed by atoms with Crippen molar-refractivity contribution in [1.29, 1.82) is 0 Å². The second-order valence-corrected chi connectivity index (χ2v) is 4.64. The van der Waals surface area contributed by atoms with E-state index >= 15 is 0 Å². The minimum atomic E-state index is -0.521. The van der Waals surface area contributed by atoms with Crippen LogP contribution in [0.25, 0.3) is 0 Å². The normalized spacial score (nSPS) is 13.3. The number of benzene rings is 1. The summed E-state index contributed by atoms with van der Waals surface area (Å²) in [6.07, 6.45) is 1.12. The fraction of sp³-hybridized carbons (Fsp3) is 0.438. The Morgan fingerprint density at radius 1 is 1.35 bits per heavy atom. The Balaban J connectivity index is 2.56. The molecule has 0 saturated heterocycles. The van der Waals surface area contributed by atoms with Crippen molar-refractivity contribution in [2.45, 2.75) is 32.9 Å². The number of carbonyl (C=O) groups is 1. The van der Waals surface area contributed by atoms with Gasteiger partial charge in [0.2, 0.25) is 0 Å². The van der Waals surface area contributed by atoms with Gasteiger partial charge in [-0.15, -0.1) is 6.58 Å². The van der Waals surface area contributed by atoms with E-state index in [-0.39, 0.29) is 5.91 Å². The molecule has 0 aliphatic rings. The van der Waals surface area contributed by atoms with E-state index in [0.29, 0.717) is 18.3 Å². The minimum absolute atomic E-state index is 0.144. The fourth-order valence-corrected chi connectivity index (χ4v) is 1.83. The molecule has 0 aliphatic heterocycles. The van der Waals surface area contributed by atoms with E-state index < -0.39 is 6.10 Å². The van der Waals surface area contributed by atoms with Gasteiger partial charge in [0.15, 0.2) is 6.10 Å². The minimum Gasteiger partial charge on any atom is -0.481 e. The molecule has 2 unspecified atom stereocenters. The molecule has 0 radical (unpaired) electrons. The van der Waals surface area contributed by atoms with Crippen molar-refractivity contribution in [3.8, 4) is 5.75 Å². The van der Waals surface area contributed by atoms with Crippen molar-refractivity contribution in [2.75, 3.05) is 13.1 Å². The number of nitrogens with one attached hydrogen (secondary N) is 2. The molecule has 0 heterocycles. The number of amides is 1. The summed E-state index contributed by atoms with van der Waals surface area (Å²) in [4.78, 5) is 11.7. The molecule has 1 rings (SSSR count). The summed E-state index contributed by atoms with van der Waals surface area (Å²) in [5, 5.41) is 6.06. The van der Waals surface area contributed by atoms with Crippen molar-refractivity contribution >= 4 is 5.91 Å². The zero-order valence-electron chi connectivity index (χ0n) is 12.5. The lowest BCUT2D eigenvalue weighted by molar-refractivity contribution is -0.127. The lowest BCUT2D eigenvalue weighted by Gasteiger charge is -2.16. The van der Waals surface area contributed by atoms with Gasteiger partial charge in [-0.3, -0.25) is 4.79 Å². The largest absolute Gasteiger partial charge is 0.481 e. The van der Waals surface area contributed by atoms with Gasteiger partial charge in [-0.1, -0.05) is 25.1 Å². The lowest BCUT2D eigenvalue weighted by Crippen LogP contribution is -2.36. The van der Waals surface area contributed by atoms with Crippen molar-refractivity contribution in [3.05, 3.63) is 42.5 Å². The third-order valence-electron chi connectivity index (χ3n) is 2.99. The average Bonchev–Trinajstić information content (AvgIpc) is 2.45. The Labute approximate surface area is 121 Å². The van der Waals surface area contributed by atoms with Crippen molar-refractivity contribution < 1.29 is 9.53 Å². The van der Waals surface area contributed by atoms with Gasteiger partial charge >= 0.3 is 0 Å². The highest BCUT2D eigenvalue weighted by atomic mass is 16.5. The van der Waals surface area contributed by atoms with Crippen molar-refractivity contribution in [3.63, 3.8) is 0 Å². The number of hydrogen-bond donors (Lipinski definition) is 2. The molecular formula is C16H24N2O2. The van der Waals surface area contributed by atoms with Crippen molar-refractivity contribution in [1.82, 2.24) is 10.6 Å². The van der Waals surface area contributed by atoms with Crippen LogP contribution in [0, 0.1) is 0 Å². The monoisotopic (exact) mass is 276 g/mol. The molecule has 1 aromatic rings. The molecule has 4 nitrogen and oxygen atoms in total. The summed E-state index contributed by atoms with van der Waals surface area (Å²) < 4.78 is 5.60. The van der Waals surface area contributed by atoms with Crippen LogP contribution in [0.2, 0.25) is 0 Å². The predicted molar refractivity (Wildman–Crippen MR) is 81.8 cm³/mol. The van der Waals surface area contributed by atoms with Crippen molar-refractivity contribution in [2.24, 2.45) is 0 Å². The summed E-state index contributed by atoms with van der Waals surface area (Å²) in [5.41, 5.74) is 1.20. The van der Waals surface area contributed by atoms with Gasteiger partial charge in [-0.2, -0.15) is 0 Å². The molecule has 4 heteroatoms. The van der Waals surface area contributed by atoms with E-state index in [2.05, 4.69) is 31.1 Å². The average molecular weight is 276 g/mol. The zero-order valence-corrected chi connectivity index (χ0v) is 12.5.